The Bertz CT molecular complexity index is 526. The second-order valence-corrected chi connectivity index (χ2v) is 6.55. The lowest BCUT2D eigenvalue weighted by Gasteiger charge is -2.27. The van der Waals surface area contributed by atoms with E-state index in [2.05, 4.69) is 0 Å². The Morgan fingerprint density at radius 2 is 1.39 bits per heavy atom. The summed E-state index contributed by atoms with van der Waals surface area (Å²) >= 11 is 1.61. The van der Waals surface area contributed by atoms with Gasteiger partial charge in [0.2, 0.25) is 0 Å². The van der Waals surface area contributed by atoms with Crippen molar-refractivity contribution in [2.45, 2.75) is 37.9 Å². The maximum atomic E-state index is 11.3. The smallest absolute Gasteiger partial charge is 0.156 e. The number of hydrogen-bond donors (Lipinski definition) is 0. The summed E-state index contributed by atoms with van der Waals surface area (Å²) in [6, 6.07) is 0. The Morgan fingerprint density at radius 3 is 1.65 bits per heavy atom. The molecule has 0 amide bonds. The number of thioether (sulfide) groups is 1. The largest absolute Gasteiger partial charge is 0.363 e. The Balaban J connectivity index is 1.98. The van der Waals surface area contributed by atoms with Gasteiger partial charge in [0.05, 0.1) is 0 Å². The van der Waals surface area contributed by atoms with Gasteiger partial charge in [-0.05, 0) is 38.2 Å². The van der Waals surface area contributed by atoms with Gasteiger partial charge in [0.25, 0.3) is 0 Å². The van der Waals surface area contributed by atoms with Gasteiger partial charge in [0.1, 0.15) is 11.2 Å². The standard InChI is InChI=1S/C18H22O4S/c1-3-21-17(13-19)9-5-15(6-10-17)23-16-7-11-18(14-20,12-8-16)22-4-2/h5-9,11,13-14H,3-4,10,12H2,1-2H3. The topological polar surface area (TPSA) is 52.6 Å². The molecule has 2 atom stereocenters. The van der Waals surface area contributed by atoms with E-state index in [0.29, 0.717) is 26.1 Å². The fourth-order valence-electron chi connectivity index (χ4n) is 2.52. The summed E-state index contributed by atoms with van der Waals surface area (Å²) in [6.45, 7) is 4.75. The molecule has 2 rings (SSSR count). The summed E-state index contributed by atoms with van der Waals surface area (Å²) in [4.78, 5) is 24.6. The average Bonchev–Trinajstić information content (AvgIpc) is 2.59. The zero-order chi connectivity index (χ0) is 16.8. The zero-order valence-corrected chi connectivity index (χ0v) is 14.3. The molecule has 2 aliphatic rings. The summed E-state index contributed by atoms with van der Waals surface area (Å²) < 4.78 is 11.1. The normalized spacial score (nSPS) is 29.8. The number of carbonyl (C=O) groups excluding carboxylic acids is 2. The highest BCUT2D eigenvalue weighted by atomic mass is 32.2. The van der Waals surface area contributed by atoms with Gasteiger partial charge in [-0.2, -0.15) is 0 Å². The van der Waals surface area contributed by atoms with Crippen molar-refractivity contribution >= 4 is 24.3 Å². The zero-order valence-electron chi connectivity index (χ0n) is 13.5. The molecule has 0 N–H and O–H groups in total. The predicted molar refractivity (Wildman–Crippen MR) is 92.1 cm³/mol. The van der Waals surface area contributed by atoms with E-state index < -0.39 is 11.2 Å². The van der Waals surface area contributed by atoms with Crippen LogP contribution in [0.2, 0.25) is 0 Å². The van der Waals surface area contributed by atoms with Crippen LogP contribution in [0.1, 0.15) is 26.7 Å². The van der Waals surface area contributed by atoms with Crippen LogP contribution in [0.15, 0.2) is 46.3 Å². The number of ether oxygens (including phenoxy) is 2. The molecule has 0 aliphatic heterocycles. The minimum Gasteiger partial charge on any atom is -0.363 e. The van der Waals surface area contributed by atoms with Crippen molar-refractivity contribution in [3.05, 3.63) is 46.3 Å². The third-order valence-electron chi connectivity index (χ3n) is 3.76. The van der Waals surface area contributed by atoms with E-state index in [1.165, 1.54) is 0 Å². The molecule has 0 spiro atoms. The van der Waals surface area contributed by atoms with Gasteiger partial charge in [0.15, 0.2) is 12.6 Å². The van der Waals surface area contributed by atoms with E-state index >= 15 is 0 Å². The Labute approximate surface area is 141 Å². The molecule has 0 bridgehead atoms. The maximum absolute atomic E-state index is 11.3. The van der Waals surface area contributed by atoms with Crippen molar-refractivity contribution in [3.8, 4) is 0 Å². The molecule has 0 saturated carbocycles. The SMILES string of the molecule is CCOC1(C=O)C=CC(SC2=CCC(C=O)(OCC)C=C2)=CC1. The van der Waals surface area contributed by atoms with Crippen molar-refractivity contribution in [1.82, 2.24) is 0 Å². The van der Waals surface area contributed by atoms with Crippen molar-refractivity contribution in [3.63, 3.8) is 0 Å². The van der Waals surface area contributed by atoms with Crippen LogP contribution in [-0.2, 0) is 19.1 Å². The van der Waals surface area contributed by atoms with Crippen molar-refractivity contribution in [2.75, 3.05) is 13.2 Å². The molecule has 0 saturated heterocycles. The highest BCUT2D eigenvalue weighted by Crippen LogP contribution is 2.36. The van der Waals surface area contributed by atoms with Crippen molar-refractivity contribution < 1.29 is 19.1 Å². The molecule has 0 aromatic heterocycles. The second kappa shape index (κ2) is 7.90. The summed E-state index contributed by atoms with van der Waals surface area (Å²) in [5, 5.41) is 0. The van der Waals surface area contributed by atoms with E-state index in [-0.39, 0.29) is 0 Å². The van der Waals surface area contributed by atoms with Gasteiger partial charge in [-0.15, -0.1) is 0 Å². The molecular weight excluding hydrogens is 312 g/mol. The molecule has 5 heteroatoms. The lowest BCUT2D eigenvalue weighted by Crippen LogP contribution is -2.33. The van der Waals surface area contributed by atoms with Gasteiger partial charge in [-0.25, -0.2) is 0 Å². The van der Waals surface area contributed by atoms with Crippen LogP contribution in [0.3, 0.4) is 0 Å². The third kappa shape index (κ3) is 4.31. The predicted octanol–water partition coefficient (Wildman–Crippen LogP) is 3.36. The molecule has 23 heavy (non-hydrogen) atoms. The van der Waals surface area contributed by atoms with Gasteiger partial charge >= 0.3 is 0 Å². The van der Waals surface area contributed by atoms with Gasteiger partial charge in [-0.3, -0.25) is 9.59 Å². The molecule has 2 unspecified atom stereocenters. The van der Waals surface area contributed by atoms with E-state index in [9.17, 15) is 9.59 Å². The highest BCUT2D eigenvalue weighted by Gasteiger charge is 2.30. The number of hydrogen-bond acceptors (Lipinski definition) is 5. The Hall–Kier alpha value is -1.43. The first-order chi connectivity index (χ1) is 11.1. The van der Waals surface area contributed by atoms with Crippen LogP contribution in [-0.4, -0.2) is 37.0 Å². The first-order valence-corrected chi connectivity index (χ1v) is 8.60. The van der Waals surface area contributed by atoms with Crippen LogP contribution in [0, 0.1) is 0 Å². The van der Waals surface area contributed by atoms with E-state index in [1.807, 2.05) is 50.3 Å². The number of aldehydes is 2. The van der Waals surface area contributed by atoms with Gasteiger partial charge in [-0.1, -0.05) is 23.9 Å². The molecule has 4 nitrogen and oxygen atoms in total. The molecule has 0 fully saturated rings. The fraction of sp³-hybridized carbons (Fsp3) is 0.444. The minimum atomic E-state index is -0.822. The van der Waals surface area contributed by atoms with Crippen LogP contribution in [0.5, 0.6) is 0 Å². The lowest BCUT2D eigenvalue weighted by molar-refractivity contribution is -0.125. The lowest BCUT2D eigenvalue weighted by atomic mass is 9.96. The molecule has 0 aromatic carbocycles. The monoisotopic (exact) mass is 334 g/mol. The van der Waals surface area contributed by atoms with Crippen LogP contribution in [0.4, 0.5) is 0 Å². The Morgan fingerprint density at radius 1 is 0.957 bits per heavy atom. The van der Waals surface area contributed by atoms with Crippen molar-refractivity contribution in [2.24, 2.45) is 0 Å². The summed E-state index contributed by atoms with van der Waals surface area (Å²) in [6.07, 6.45) is 14.3. The first-order valence-electron chi connectivity index (χ1n) is 7.78. The molecule has 2 aliphatic carbocycles. The van der Waals surface area contributed by atoms with E-state index in [4.69, 9.17) is 9.47 Å². The first kappa shape index (κ1) is 17.9. The maximum Gasteiger partial charge on any atom is 0.156 e. The molecular formula is C18H22O4S. The van der Waals surface area contributed by atoms with Crippen LogP contribution >= 0.6 is 11.8 Å². The highest BCUT2D eigenvalue weighted by molar-refractivity contribution is 8.07. The quantitative estimate of drug-likeness (QED) is 0.637. The number of allylic oxidation sites excluding steroid dienone is 2. The van der Waals surface area contributed by atoms with E-state index in [0.717, 1.165) is 22.4 Å². The van der Waals surface area contributed by atoms with Crippen molar-refractivity contribution in [1.29, 1.82) is 0 Å². The number of rotatable bonds is 8. The van der Waals surface area contributed by atoms with Crippen LogP contribution in [0.25, 0.3) is 0 Å². The Kier molecular flexibility index (Phi) is 6.16. The van der Waals surface area contributed by atoms with Gasteiger partial charge < -0.3 is 9.47 Å². The molecule has 124 valence electrons. The minimum absolute atomic E-state index is 0.499. The summed E-state index contributed by atoms with van der Waals surface area (Å²) in [5.41, 5.74) is -1.64. The van der Waals surface area contributed by atoms with Crippen LogP contribution < -0.4 is 0 Å². The molecule has 0 heterocycles. The summed E-state index contributed by atoms with van der Waals surface area (Å²) in [7, 11) is 0. The van der Waals surface area contributed by atoms with Gasteiger partial charge in [0, 0.05) is 35.9 Å². The molecule has 0 radical (unpaired) electrons. The second-order valence-electron chi connectivity index (χ2n) is 5.40. The summed E-state index contributed by atoms with van der Waals surface area (Å²) in [5.74, 6) is 0. The fourth-order valence-corrected chi connectivity index (χ4v) is 3.40. The average molecular weight is 334 g/mol. The molecule has 0 aromatic rings. The third-order valence-corrected chi connectivity index (χ3v) is 4.84. The van der Waals surface area contributed by atoms with E-state index in [1.54, 1.807) is 11.8 Å². The number of carbonyl (C=O) groups is 2.